The Kier molecular flexibility index (Phi) is 9.73. The molecular formula is C21H34N2O5S. The highest BCUT2D eigenvalue weighted by Crippen LogP contribution is 2.22. The molecule has 1 aliphatic carbocycles. The molecule has 0 aromatic heterocycles. The van der Waals surface area contributed by atoms with Gasteiger partial charge >= 0.3 is 0 Å². The van der Waals surface area contributed by atoms with Crippen molar-refractivity contribution in [2.45, 2.75) is 58.0 Å². The molecule has 29 heavy (non-hydrogen) atoms. The fraction of sp³-hybridized carbons (Fsp3) is 0.667. The van der Waals surface area contributed by atoms with Crippen molar-refractivity contribution in [3.8, 4) is 5.75 Å². The molecule has 1 aromatic carbocycles. The van der Waals surface area contributed by atoms with Gasteiger partial charge in [-0.15, -0.1) is 0 Å². The summed E-state index contributed by atoms with van der Waals surface area (Å²) in [5.74, 6) is 0.339. The molecule has 0 saturated heterocycles. The van der Waals surface area contributed by atoms with Crippen molar-refractivity contribution >= 4 is 21.6 Å². The van der Waals surface area contributed by atoms with Crippen molar-refractivity contribution in [3.05, 3.63) is 24.3 Å². The van der Waals surface area contributed by atoms with Gasteiger partial charge in [-0.05, 0) is 49.9 Å². The summed E-state index contributed by atoms with van der Waals surface area (Å²) < 4.78 is 36.8. The van der Waals surface area contributed by atoms with Crippen molar-refractivity contribution in [3.63, 3.8) is 0 Å². The smallest absolute Gasteiger partial charge is 0.240 e. The largest absolute Gasteiger partial charge is 0.494 e. The number of rotatable bonds is 12. The van der Waals surface area contributed by atoms with Crippen LogP contribution in [-0.2, 0) is 19.6 Å². The molecule has 1 N–H and O–H groups in total. The van der Waals surface area contributed by atoms with Gasteiger partial charge < -0.3 is 14.8 Å². The molecule has 1 aromatic rings. The number of nitrogens with zero attached hydrogens (tertiary/aromatic N) is 1. The van der Waals surface area contributed by atoms with Gasteiger partial charge in [0.05, 0.1) is 24.7 Å². The standard InChI is InChI=1S/C21H34N2O5S/c1-3-15-27-20-12-10-18(11-13-20)23(29(2,25)26)17-21(24)22-14-7-16-28-19-8-5-4-6-9-19/h10-13,19H,3-9,14-17H2,1-2H3,(H,22,24). The number of carbonyl (C=O) groups excluding carboxylic acids is 1. The molecule has 164 valence electrons. The third-order valence-corrected chi connectivity index (χ3v) is 5.97. The van der Waals surface area contributed by atoms with E-state index in [1.54, 1.807) is 24.3 Å². The van der Waals surface area contributed by atoms with Crippen molar-refractivity contribution in [1.29, 1.82) is 0 Å². The van der Waals surface area contributed by atoms with E-state index in [4.69, 9.17) is 9.47 Å². The van der Waals surface area contributed by atoms with Crippen LogP contribution in [0.5, 0.6) is 5.75 Å². The normalized spacial score (nSPS) is 15.1. The molecule has 7 nitrogen and oxygen atoms in total. The average Bonchev–Trinajstić information content (AvgIpc) is 2.71. The van der Waals surface area contributed by atoms with Gasteiger partial charge in [0.2, 0.25) is 15.9 Å². The van der Waals surface area contributed by atoms with Gasteiger partial charge in [-0.3, -0.25) is 9.10 Å². The van der Waals surface area contributed by atoms with Crippen LogP contribution < -0.4 is 14.4 Å². The highest BCUT2D eigenvalue weighted by Gasteiger charge is 2.21. The zero-order valence-electron chi connectivity index (χ0n) is 17.6. The number of carbonyl (C=O) groups is 1. The van der Waals surface area contributed by atoms with E-state index in [0.717, 1.165) is 29.8 Å². The third-order valence-electron chi connectivity index (χ3n) is 4.83. The lowest BCUT2D eigenvalue weighted by atomic mass is 9.98. The van der Waals surface area contributed by atoms with Crippen LogP contribution >= 0.6 is 0 Å². The Labute approximate surface area is 174 Å². The van der Waals surface area contributed by atoms with Crippen molar-refractivity contribution < 1.29 is 22.7 Å². The Bertz CT molecular complexity index is 715. The molecular weight excluding hydrogens is 392 g/mol. The fourth-order valence-electron chi connectivity index (χ4n) is 3.30. The van der Waals surface area contributed by atoms with E-state index >= 15 is 0 Å². The quantitative estimate of drug-likeness (QED) is 0.519. The second-order valence-electron chi connectivity index (χ2n) is 7.45. The number of ether oxygens (including phenoxy) is 2. The first-order chi connectivity index (χ1) is 13.9. The fourth-order valence-corrected chi connectivity index (χ4v) is 4.15. The molecule has 0 heterocycles. The predicted molar refractivity (Wildman–Crippen MR) is 115 cm³/mol. The van der Waals surface area contributed by atoms with Gasteiger partial charge in [-0.2, -0.15) is 0 Å². The van der Waals surface area contributed by atoms with E-state index in [-0.39, 0.29) is 12.5 Å². The predicted octanol–water partition coefficient (Wildman–Crippen LogP) is 3.10. The molecule has 2 rings (SSSR count). The van der Waals surface area contributed by atoms with Gasteiger partial charge in [0.1, 0.15) is 12.3 Å². The van der Waals surface area contributed by atoms with Gasteiger partial charge in [-0.1, -0.05) is 26.2 Å². The van der Waals surface area contributed by atoms with Crippen LogP contribution in [0.1, 0.15) is 51.9 Å². The number of nitrogens with one attached hydrogen (secondary N) is 1. The van der Waals surface area contributed by atoms with Gasteiger partial charge in [-0.25, -0.2) is 8.42 Å². The lowest BCUT2D eigenvalue weighted by Gasteiger charge is -2.23. The number of hydrogen-bond donors (Lipinski definition) is 1. The van der Waals surface area contributed by atoms with Gasteiger partial charge in [0, 0.05) is 13.2 Å². The van der Waals surface area contributed by atoms with Crippen LogP contribution in [0.2, 0.25) is 0 Å². The summed E-state index contributed by atoms with van der Waals surface area (Å²) in [6.45, 7) is 3.44. The van der Waals surface area contributed by atoms with E-state index in [0.29, 0.717) is 43.7 Å². The Morgan fingerprint density at radius 3 is 2.45 bits per heavy atom. The summed E-state index contributed by atoms with van der Waals surface area (Å²) in [4.78, 5) is 12.3. The van der Waals surface area contributed by atoms with E-state index < -0.39 is 10.0 Å². The Morgan fingerprint density at radius 2 is 1.83 bits per heavy atom. The SMILES string of the molecule is CCCOc1ccc(N(CC(=O)NCCCOC2CCCCC2)S(C)(=O)=O)cc1. The Balaban J connectivity index is 1.79. The molecule has 0 bridgehead atoms. The first-order valence-corrected chi connectivity index (χ1v) is 12.3. The summed E-state index contributed by atoms with van der Waals surface area (Å²) in [6.07, 6.45) is 9.05. The lowest BCUT2D eigenvalue weighted by molar-refractivity contribution is -0.119. The maximum atomic E-state index is 12.3. The maximum absolute atomic E-state index is 12.3. The molecule has 1 amide bonds. The highest BCUT2D eigenvalue weighted by molar-refractivity contribution is 7.92. The minimum atomic E-state index is -3.59. The summed E-state index contributed by atoms with van der Waals surface area (Å²) in [5, 5.41) is 2.78. The van der Waals surface area contributed by atoms with Crippen molar-refractivity contribution in [2.24, 2.45) is 0 Å². The molecule has 8 heteroatoms. The maximum Gasteiger partial charge on any atom is 0.240 e. The molecule has 1 fully saturated rings. The summed E-state index contributed by atoms with van der Waals surface area (Å²) in [7, 11) is -3.59. The molecule has 0 spiro atoms. The van der Waals surface area contributed by atoms with Crippen LogP contribution in [0.15, 0.2) is 24.3 Å². The van der Waals surface area contributed by atoms with Crippen molar-refractivity contribution in [1.82, 2.24) is 5.32 Å². The van der Waals surface area contributed by atoms with Gasteiger partial charge in [0.25, 0.3) is 0 Å². The van der Waals surface area contributed by atoms with E-state index in [1.807, 2.05) is 6.92 Å². The first kappa shape index (κ1) is 23.5. The highest BCUT2D eigenvalue weighted by atomic mass is 32.2. The monoisotopic (exact) mass is 426 g/mol. The van der Waals surface area contributed by atoms with E-state index in [9.17, 15) is 13.2 Å². The summed E-state index contributed by atoms with van der Waals surface area (Å²) >= 11 is 0. The molecule has 0 aliphatic heterocycles. The van der Waals surface area contributed by atoms with E-state index in [2.05, 4.69) is 5.32 Å². The minimum absolute atomic E-state index is 0.253. The molecule has 0 unspecified atom stereocenters. The zero-order chi connectivity index (χ0) is 21.1. The summed E-state index contributed by atoms with van der Waals surface area (Å²) in [5.41, 5.74) is 0.437. The van der Waals surface area contributed by atoms with Crippen LogP contribution in [0.4, 0.5) is 5.69 Å². The number of hydrogen-bond acceptors (Lipinski definition) is 5. The average molecular weight is 427 g/mol. The van der Waals surface area contributed by atoms with E-state index in [1.165, 1.54) is 19.3 Å². The van der Waals surface area contributed by atoms with Crippen molar-refractivity contribution in [2.75, 3.05) is 36.9 Å². The topological polar surface area (TPSA) is 84.9 Å². The molecule has 1 aliphatic rings. The number of sulfonamides is 1. The second kappa shape index (κ2) is 12.0. The zero-order valence-corrected chi connectivity index (χ0v) is 18.4. The van der Waals surface area contributed by atoms with Crippen LogP contribution in [0, 0.1) is 0 Å². The van der Waals surface area contributed by atoms with Crippen LogP contribution in [0.3, 0.4) is 0 Å². The number of anilines is 1. The molecule has 0 radical (unpaired) electrons. The van der Waals surface area contributed by atoms with Crippen LogP contribution in [-0.4, -0.2) is 53.0 Å². The number of benzene rings is 1. The Morgan fingerprint density at radius 1 is 1.14 bits per heavy atom. The molecule has 0 atom stereocenters. The van der Waals surface area contributed by atoms with Gasteiger partial charge in [0.15, 0.2) is 0 Å². The Hall–Kier alpha value is -1.80. The number of amides is 1. The third kappa shape index (κ3) is 8.62. The minimum Gasteiger partial charge on any atom is -0.494 e. The summed E-state index contributed by atoms with van der Waals surface area (Å²) in [6, 6.07) is 6.72. The molecule has 1 saturated carbocycles. The lowest BCUT2D eigenvalue weighted by Crippen LogP contribution is -2.40. The van der Waals surface area contributed by atoms with Crippen LogP contribution in [0.25, 0.3) is 0 Å². The first-order valence-electron chi connectivity index (χ1n) is 10.5. The second-order valence-corrected chi connectivity index (χ2v) is 9.35.